The van der Waals surface area contributed by atoms with Crippen LogP contribution in [0.4, 0.5) is 0 Å². The summed E-state index contributed by atoms with van der Waals surface area (Å²) in [4.78, 5) is 0. The van der Waals surface area contributed by atoms with Crippen molar-refractivity contribution in [2.45, 2.75) is 78.2 Å². The fourth-order valence-corrected chi connectivity index (χ4v) is 9.39. The van der Waals surface area contributed by atoms with Crippen LogP contribution in [0, 0.1) is 58.7 Å². The quantitative estimate of drug-likeness (QED) is 0.607. The first kappa shape index (κ1) is 16.8. The molecule has 140 valence electrons. The maximum atomic E-state index is 10.6. The van der Waals surface area contributed by atoms with Gasteiger partial charge in [0.25, 0.3) is 0 Å². The standard InChI is InChI=1S/C24H38O/c1-13(2)21-19-14(3)20(19)22-18-7-6-15-12-23(4,25)10-8-16(15)17(18)9-11-24(21,22)5/h14-22,25H,1,6-12H2,2-5H3/t14-,15-,16+,17-,18-,19+,20-,21+,22-,23-,24-/m1/s1. The molecule has 0 aromatic carbocycles. The molecule has 0 bridgehead atoms. The van der Waals surface area contributed by atoms with Gasteiger partial charge in [0.2, 0.25) is 0 Å². The highest BCUT2D eigenvalue weighted by atomic mass is 16.3. The molecule has 0 aromatic rings. The van der Waals surface area contributed by atoms with Crippen LogP contribution in [-0.2, 0) is 0 Å². The van der Waals surface area contributed by atoms with Gasteiger partial charge in [-0.15, -0.1) is 0 Å². The lowest BCUT2D eigenvalue weighted by molar-refractivity contribution is -0.106. The number of hydrogen-bond acceptors (Lipinski definition) is 1. The normalized spacial score (nSPS) is 62.4. The van der Waals surface area contributed by atoms with Crippen molar-refractivity contribution >= 4 is 0 Å². The van der Waals surface area contributed by atoms with Gasteiger partial charge in [0.05, 0.1) is 5.60 Å². The predicted octanol–water partition coefficient (Wildman–Crippen LogP) is 5.68. The molecule has 0 radical (unpaired) electrons. The van der Waals surface area contributed by atoms with Crippen molar-refractivity contribution in [2.75, 3.05) is 0 Å². The van der Waals surface area contributed by atoms with Crippen LogP contribution in [0.2, 0.25) is 0 Å². The molecule has 5 aliphatic carbocycles. The number of allylic oxidation sites excluding steroid dienone is 1. The summed E-state index contributed by atoms with van der Waals surface area (Å²) < 4.78 is 0. The number of hydrogen-bond donors (Lipinski definition) is 1. The average molecular weight is 343 g/mol. The molecule has 25 heavy (non-hydrogen) atoms. The summed E-state index contributed by atoms with van der Waals surface area (Å²) in [7, 11) is 0. The minimum atomic E-state index is -0.383. The zero-order valence-corrected chi connectivity index (χ0v) is 16.8. The lowest BCUT2D eigenvalue weighted by Gasteiger charge is -2.58. The molecule has 0 heterocycles. The van der Waals surface area contributed by atoms with E-state index >= 15 is 0 Å². The van der Waals surface area contributed by atoms with E-state index < -0.39 is 0 Å². The third-order valence-corrected chi connectivity index (χ3v) is 10.1. The molecule has 5 fully saturated rings. The second-order valence-corrected chi connectivity index (χ2v) is 11.5. The van der Waals surface area contributed by atoms with E-state index in [9.17, 15) is 5.11 Å². The van der Waals surface area contributed by atoms with Crippen LogP contribution in [0.15, 0.2) is 12.2 Å². The van der Waals surface area contributed by atoms with E-state index in [2.05, 4.69) is 34.3 Å². The molecule has 1 nitrogen and oxygen atoms in total. The maximum Gasteiger partial charge on any atom is 0.0622 e. The first-order valence-corrected chi connectivity index (χ1v) is 11.1. The third-order valence-electron chi connectivity index (χ3n) is 10.1. The molecule has 1 N–H and O–H groups in total. The molecule has 0 aromatic heterocycles. The van der Waals surface area contributed by atoms with Crippen molar-refractivity contribution in [3.63, 3.8) is 0 Å². The van der Waals surface area contributed by atoms with Crippen LogP contribution in [0.1, 0.15) is 72.6 Å². The number of fused-ring (bicyclic) bond motifs is 7. The summed E-state index contributed by atoms with van der Waals surface area (Å²) in [6.45, 7) is 14.0. The Balaban J connectivity index is 1.44. The van der Waals surface area contributed by atoms with Gasteiger partial charge in [-0.3, -0.25) is 0 Å². The zero-order valence-electron chi connectivity index (χ0n) is 16.8. The van der Waals surface area contributed by atoms with Gasteiger partial charge in [0.15, 0.2) is 0 Å². The predicted molar refractivity (Wildman–Crippen MR) is 103 cm³/mol. The summed E-state index contributed by atoms with van der Waals surface area (Å²) >= 11 is 0. The molecule has 5 rings (SSSR count). The van der Waals surface area contributed by atoms with Gasteiger partial charge in [-0.1, -0.05) is 26.0 Å². The molecule has 0 amide bonds. The van der Waals surface area contributed by atoms with Crippen LogP contribution in [0.5, 0.6) is 0 Å². The molecule has 0 saturated heterocycles. The highest BCUT2D eigenvalue weighted by Crippen LogP contribution is 2.77. The Labute approximate surface area is 154 Å². The Bertz CT molecular complexity index is 591. The van der Waals surface area contributed by atoms with E-state index in [4.69, 9.17) is 0 Å². The van der Waals surface area contributed by atoms with Gasteiger partial charge in [0.1, 0.15) is 0 Å². The molecule has 0 unspecified atom stereocenters. The summed E-state index contributed by atoms with van der Waals surface area (Å²) in [6, 6.07) is 0. The topological polar surface area (TPSA) is 20.2 Å². The Morgan fingerprint density at radius 2 is 1.68 bits per heavy atom. The fraction of sp³-hybridized carbons (Fsp3) is 0.917. The van der Waals surface area contributed by atoms with Crippen LogP contribution < -0.4 is 0 Å². The second kappa shape index (κ2) is 5.15. The molecular formula is C24H38O. The first-order chi connectivity index (χ1) is 11.7. The molecule has 0 aliphatic heterocycles. The summed E-state index contributed by atoms with van der Waals surface area (Å²) in [5.74, 6) is 8.33. The van der Waals surface area contributed by atoms with Gasteiger partial charge in [-0.2, -0.15) is 0 Å². The van der Waals surface area contributed by atoms with Crippen LogP contribution >= 0.6 is 0 Å². The molecular weight excluding hydrogens is 304 g/mol. The minimum absolute atomic E-state index is 0.383. The second-order valence-electron chi connectivity index (χ2n) is 11.5. The SMILES string of the molecule is C=C(C)[C@H]1[C@H]2[C@@H](C)[C@H]2[C@H]2[C@@H]3CC[C@@H]4C[C@](C)(O)CC[C@@H]4[C@H]3CC[C@@]21C. The zero-order chi connectivity index (χ0) is 17.7. The molecule has 0 spiro atoms. The number of rotatable bonds is 1. The maximum absolute atomic E-state index is 10.6. The van der Waals surface area contributed by atoms with Gasteiger partial charge >= 0.3 is 0 Å². The highest BCUT2D eigenvalue weighted by Gasteiger charge is 2.72. The third kappa shape index (κ3) is 2.17. The van der Waals surface area contributed by atoms with Gasteiger partial charge in [0, 0.05) is 0 Å². The van der Waals surface area contributed by atoms with Crippen LogP contribution in [0.25, 0.3) is 0 Å². The Hall–Kier alpha value is -0.300. The highest BCUT2D eigenvalue weighted by molar-refractivity contribution is 5.26. The van der Waals surface area contributed by atoms with Crippen molar-refractivity contribution in [1.29, 1.82) is 0 Å². The smallest absolute Gasteiger partial charge is 0.0622 e. The minimum Gasteiger partial charge on any atom is -0.390 e. The monoisotopic (exact) mass is 342 g/mol. The van der Waals surface area contributed by atoms with Crippen LogP contribution in [-0.4, -0.2) is 10.7 Å². The molecule has 5 saturated carbocycles. The van der Waals surface area contributed by atoms with E-state index in [1.54, 1.807) is 0 Å². The van der Waals surface area contributed by atoms with E-state index in [0.29, 0.717) is 5.41 Å². The number of aliphatic hydroxyl groups is 1. The Kier molecular flexibility index (Phi) is 3.47. The Morgan fingerprint density at radius 1 is 0.960 bits per heavy atom. The fourth-order valence-electron chi connectivity index (χ4n) is 9.39. The first-order valence-electron chi connectivity index (χ1n) is 11.1. The largest absolute Gasteiger partial charge is 0.390 e. The van der Waals surface area contributed by atoms with Crippen molar-refractivity contribution in [2.24, 2.45) is 58.7 Å². The summed E-state index contributed by atoms with van der Waals surface area (Å²) in [6.07, 6.45) is 9.12. The summed E-state index contributed by atoms with van der Waals surface area (Å²) in [5.41, 5.74) is 1.64. The van der Waals surface area contributed by atoms with Gasteiger partial charge in [-0.05, 0) is 117 Å². The lowest BCUT2D eigenvalue weighted by Crippen LogP contribution is -2.51. The average Bonchev–Trinajstić information content (AvgIpc) is 3.03. The van der Waals surface area contributed by atoms with E-state index in [1.165, 1.54) is 37.7 Å². The van der Waals surface area contributed by atoms with E-state index in [1.807, 2.05) is 0 Å². The van der Waals surface area contributed by atoms with E-state index in [0.717, 1.165) is 66.1 Å². The van der Waals surface area contributed by atoms with Crippen molar-refractivity contribution < 1.29 is 5.11 Å². The van der Waals surface area contributed by atoms with Crippen LogP contribution in [0.3, 0.4) is 0 Å². The molecule has 1 heteroatoms. The van der Waals surface area contributed by atoms with Crippen molar-refractivity contribution in [3.8, 4) is 0 Å². The van der Waals surface area contributed by atoms with E-state index in [-0.39, 0.29) is 5.60 Å². The van der Waals surface area contributed by atoms with Crippen molar-refractivity contribution in [3.05, 3.63) is 12.2 Å². The van der Waals surface area contributed by atoms with Gasteiger partial charge in [-0.25, -0.2) is 0 Å². The Morgan fingerprint density at radius 3 is 2.40 bits per heavy atom. The van der Waals surface area contributed by atoms with Gasteiger partial charge < -0.3 is 5.11 Å². The lowest BCUT2D eigenvalue weighted by atomic mass is 9.47. The molecule has 5 aliphatic rings. The molecule has 11 atom stereocenters. The van der Waals surface area contributed by atoms with Crippen molar-refractivity contribution in [1.82, 2.24) is 0 Å². The summed E-state index contributed by atoms with van der Waals surface area (Å²) in [5, 5.41) is 10.6.